The summed E-state index contributed by atoms with van der Waals surface area (Å²) in [6.45, 7) is 0.107. The number of methoxy groups -OCH3 is 1. The third kappa shape index (κ3) is 5.50. The number of hydrogen-bond donors (Lipinski definition) is 3. The molecule has 4 heterocycles. The van der Waals surface area contributed by atoms with Crippen molar-refractivity contribution >= 4 is 28.7 Å². The number of aliphatic hydroxyl groups is 1. The number of imidazole rings is 1. The van der Waals surface area contributed by atoms with Crippen molar-refractivity contribution in [3.05, 3.63) is 46.0 Å². The van der Waals surface area contributed by atoms with Crippen LogP contribution in [-0.2, 0) is 25.7 Å². The number of nitrogens with one attached hydrogen (secondary N) is 2. The molecule has 0 radical (unpaired) electrons. The first kappa shape index (κ1) is 26.5. The molecular weight excluding hydrogens is 534 g/mol. The van der Waals surface area contributed by atoms with Gasteiger partial charge in [0.05, 0.1) is 37.5 Å². The first-order valence-electron chi connectivity index (χ1n) is 11.5. The molecule has 2 aliphatic rings. The van der Waals surface area contributed by atoms with Gasteiger partial charge in [-0.3, -0.25) is 9.63 Å². The van der Waals surface area contributed by atoms with Gasteiger partial charge >= 0.3 is 0 Å². The van der Waals surface area contributed by atoms with Gasteiger partial charge < -0.3 is 33.8 Å². The molecule has 0 aliphatic carbocycles. The minimum Gasteiger partial charge on any atom is -0.471 e. The second-order valence-electron chi connectivity index (χ2n) is 8.49. The lowest BCUT2D eigenvalue weighted by molar-refractivity contribution is 0.00705. The second-order valence-corrected chi connectivity index (χ2v) is 8.89. The molecule has 2 fully saturated rings. The van der Waals surface area contributed by atoms with Gasteiger partial charge in [-0.2, -0.15) is 9.97 Å². The zero-order valence-electron chi connectivity index (χ0n) is 19.9. The molecule has 204 valence electrons. The molecule has 0 saturated carbocycles. The Bertz CT molecular complexity index is 1310. The Morgan fingerprint density at radius 3 is 2.71 bits per heavy atom. The highest BCUT2D eigenvalue weighted by molar-refractivity contribution is 6.32. The molecule has 38 heavy (non-hydrogen) atoms. The van der Waals surface area contributed by atoms with Crippen molar-refractivity contribution in [2.75, 3.05) is 33.5 Å². The van der Waals surface area contributed by atoms with Gasteiger partial charge in [-0.05, 0) is 18.2 Å². The second kappa shape index (κ2) is 11.3. The van der Waals surface area contributed by atoms with Crippen molar-refractivity contribution in [1.29, 1.82) is 0 Å². The van der Waals surface area contributed by atoms with Crippen molar-refractivity contribution in [1.82, 2.24) is 20.4 Å². The highest BCUT2D eigenvalue weighted by atomic mass is 35.5. The number of H-pyrrole nitrogens is 1. The molecule has 1 aromatic carbocycles. The van der Waals surface area contributed by atoms with E-state index in [4.69, 9.17) is 40.1 Å². The molecule has 0 spiro atoms. The monoisotopic (exact) mass is 556 g/mol. The van der Waals surface area contributed by atoms with Crippen molar-refractivity contribution < 1.29 is 47.2 Å². The Hall–Kier alpha value is -3.14. The molecule has 2 saturated heterocycles. The van der Waals surface area contributed by atoms with Crippen molar-refractivity contribution in [2.24, 2.45) is 0 Å². The topological polar surface area (TPSA) is 146 Å². The maximum atomic E-state index is 14.6. The predicted molar refractivity (Wildman–Crippen MR) is 125 cm³/mol. The summed E-state index contributed by atoms with van der Waals surface area (Å²) < 4.78 is 56.3. The third-order valence-electron chi connectivity index (χ3n) is 5.93. The molecule has 2 aromatic heterocycles. The van der Waals surface area contributed by atoms with Crippen LogP contribution in [0, 0.1) is 11.6 Å². The summed E-state index contributed by atoms with van der Waals surface area (Å²) in [5.41, 5.74) is 1.98. The van der Waals surface area contributed by atoms with Crippen LogP contribution in [0.2, 0.25) is 5.02 Å². The van der Waals surface area contributed by atoms with E-state index in [0.717, 1.165) is 12.1 Å². The number of rotatable bonds is 10. The van der Waals surface area contributed by atoms with E-state index in [0.29, 0.717) is 5.52 Å². The quantitative estimate of drug-likeness (QED) is 0.249. The number of hydroxylamine groups is 1. The fraction of sp³-hybridized carbons (Fsp3) is 0.435. The van der Waals surface area contributed by atoms with E-state index < -0.39 is 54.1 Å². The van der Waals surface area contributed by atoms with Gasteiger partial charge in [-0.25, -0.2) is 14.3 Å². The number of pyridine rings is 1. The molecule has 1 unspecified atom stereocenters. The van der Waals surface area contributed by atoms with Crippen LogP contribution in [0.25, 0.3) is 11.2 Å². The first-order valence-corrected chi connectivity index (χ1v) is 11.9. The lowest BCUT2D eigenvalue weighted by Gasteiger charge is -2.15. The van der Waals surface area contributed by atoms with Crippen LogP contribution in [0.5, 0.6) is 11.9 Å². The fourth-order valence-electron chi connectivity index (χ4n) is 4.04. The Kier molecular flexibility index (Phi) is 7.88. The average molecular weight is 557 g/mol. The molecule has 0 bridgehead atoms. The number of carbonyl (C=O) groups excluding carboxylic acids is 1. The van der Waals surface area contributed by atoms with Gasteiger partial charge in [0, 0.05) is 12.7 Å². The SMILES string of the molecule is COCCONC(=O)c1cc(F)c(COc2nc3nc(O[C@@H]4COC5[C@H](O)CO[C@@H]54)[nH]c3cc2Cl)c(F)c1. The molecule has 3 aromatic rings. The number of amides is 1. The third-order valence-corrected chi connectivity index (χ3v) is 6.20. The Morgan fingerprint density at radius 1 is 1.18 bits per heavy atom. The summed E-state index contributed by atoms with van der Waals surface area (Å²) >= 11 is 6.25. The van der Waals surface area contributed by atoms with Crippen molar-refractivity contribution in [3.63, 3.8) is 0 Å². The molecule has 12 nitrogen and oxygen atoms in total. The summed E-state index contributed by atoms with van der Waals surface area (Å²) in [7, 11) is 1.46. The van der Waals surface area contributed by atoms with E-state index in [9.17, 15) is 18.7 Å². The van der Waals surface area contributed by atoms with Crippen LogP contribution in [0.3, 0.4) is 0 Å². The van der Waals surface area contributed by atoms with E-state index in [1.165, 1.54) is 13.2 Å². The zero-order chi connectivity index (χ0) is 26.8. The Balaban J connectivity index is 1.24. The number of fused-ring (bicyclic) bond motifs is 2. The summed E-state index contributed by atoms with van der Waals surface area (Å²) in [6.07, 6.45) is -2.10. The zero-order valence-corrected chi connectivity index (χ0v) is 20.7. The molecule has 5 rings (SSSR count). The van der Waals surface area contributed by atoms with Crippen LogP contribution < -0.4 is 15.0 Å². The largest absolute Gasteiger partial charge is 0.471 e. The van der Waals surface area contributed by atoms with E-state index in [-0.39, 0.29) is 54.6 Å². The predicted octanol–water partition coefficient (Wildman–Crippen LogP) is 1.68. The molecule has 4 atom stereocenters. The molecule has 2 aliphatic heterocycles. The van der Waals surface area contributed by atoms with Gasteiger partial charge in [-0.1, -0.05) is 11.6 Å². The number of ether oxygens (including phenoxy) is 5. The fourth-order valence-corrected chi connectivity index (χ4v) is 4.24. The number of benzene rings is 1. The standard InChI is InChI=1S/C23H23ClF2N4O8/c1-33-2-3-37-30-21(32)10-4-13(25)11(14(26)5-10)7-36-22-12(24)6-15-20(28-22)29-23(27-15)38-17-9-35-18-16(31)8-34-19(17)18/h4-6,16-19,31H,2-3,7-9H2,1H3,(H,30,32)(H,27,28,29)/t16-,17-,18?,19-/m1/s1. The summed E-state index contributed by atoms with van der Waals surface area (Å²) in [6, 6.07) is 3.32. The Labute approximate surface area is 219 Å². The van der Waals surface area contributed by atoms with Crippen LogP contribution in [0.15, 0.2) is 18.2 Å². The lowest BCUT2D eigenvalue weighted by atomic mass is 10.1. The summed E-state index contributed by atoms with van der Waals surface area (Å²) in [5.74, 6) is -2.95. The van der Waals surface area contributed by atoms with E-state index >= 15 is 0 Å². The number of nitrogens with zero attached hydrogens (tertiary/aromatic N) is 2. The average Bonchev–Trinajstić information content (AvgIpc) is 3.57. The number of aromatic nitrogens is 3. The van der Waals surface area contributed by atoms with Gasteiger partial charge in [0.15, 0.2) is 11.8 Å². The van der Waals surface area contributed by atoms with E-state index in [1.54, 1.807) is 0 Å². The minimum absolute atomic E-state index is 0.0595. The number of aromatic amines is 1. The normalized spacial score (nSPS) is 22.6. The molecular formula is C23H23ClF2N4O8. The van der Waals surface area contributed by atoms with Crippen LogP contribution in [-0.4, -0.2) is 83.9 Å². The number of halogens is 3. The van der Waals surface area contributed by atoms with Crippen LogP contribution in [0.1, 0.15) is 15.9 Å². The molecule has 3 N–H and O–H groups in total. The number of hydrogen-bond acceptors (Lipinski definition) is 10. The number of carbonyl (C=O) groups is 1. The highest BCUT2D eigenvalue weighted by Gasteiger charge is 2.48. The van der Waals surface area contributed by atoms with Gasteiger partial charge in [0.1, 0.15) is 41.6 Å². The van der Waals surface area contributed by atoms with Crippen molar-refractivity contribution in [2.45, 2.75) is 31.0 Å². The van der Waals surface area contributed by atoms with E-state index in [2.05, 4.69) is 20.4 Å². The van der Waals surface area contributed by atoms with E-state index in [1.807, 2.05) is 0 Å². The van der Waals surface area contributed by atoms with Gasteiger partial charge in [0.2, 0.25) is 5.88 Å². The van der Waals surface area contributed by atoms with Crippen LogP contribution in [0.4, 0.5) is 8.78 Å². The van der Waals surface area contributed by atoms with Crippen molar-refractivity contribution in [3.8, 4) is 11.9 Å². The summed E-state index contributed by atoms with van der Waals surface area (Å²) in [5, 5.41) is 9.93. The van der Waals surface area contributed by atoms with Gasteiger partial charge in [0.25, 0.3) is 11.9 Å². The molecule has 1 amide bonds. The Morgan fingerprint density at radius 2 is 1.95 bits per heavy atom. The summed E-state index contributed by atoms with van der Waals surface area (Å²) in [4.78, 5) is 28.3. The smallest absolute Gasteiger partial charge is 0.296 e. The maximum Gasteiger partial charge on any atom is 0.296 e. The highest BCUT2D eigenvalue weighted by Crippen LogP contribution is 2.31. The van der Waals surface area contributed by atoms with Crippen LogP contribution >= 0.6 is 11.6 Å². The maximum absolute atomic E-state index is 14.6. The minimum atomic E-state index is -1.00. The molecule has 15 heteroatoms. The first-order chi connectivity index (χ1) is 18.3. The lowest BCUT2D eigenvalue weighted by Crippen LogP contribution is -2.34. The number of aliphatic hydroxyl groups excluding tert-OH is 1. The van der Waals surface area contributed by atoms with Gasteiger partial charge in [-0.15, -0.1) is 0 Å².